The zero-order chi connectivity index (χ0) is 14.4. The van der Waals surface area contributed by atoms with E-state index in [1.165, 1.54) is 0 Å². The van der Waals surface area contributed by atoms with E-state index in [4.69, 9.17) is 4.74 Å². The van der Waals surface area contributed by atoms with Crippen LogP contribution in [-0.2, 0) is 4.74 Å². The Kier molecular flexibility index (Phi) is 4.00. The fraction of sp³-hybridized carbons (Fsp3) is 1.00. The van der Waals surface area contributed by atoms with Crippen LogP contribution >= 0.6 is 0 Å². The van der Waals surface area contributed by atoms with Gasteiger partial charge in [0.25, 0.3) is 0 Å². The van der Waals surface area contributed by atoms with Crippen molar-refractivity contribution in [2.24, 2.45) is 5.92 Å². The summed E-state index contributed by atoms with van der Waals surface area (Å²) in [4.78, 5) is 4.87. The van der Waals surface area contributed by atoms with E-state index in [0.29, 0.717) is 6.04 Å². The average molecular weight is 270 g/mol. The number of hydrogen-bond donors (Lipinski definition) is 1. The first kappa shape index (κ1) is 15.2. The number of aliphatic hydroxyl groups excluding tert-OH is 1. The fourth-order valence-electron chi connectivity index (χ4n) is 3.57. The lowest BCUT2D eigenvalue weighted by Crippen LogP contribution is -2.53. The monoisotopic (exact) mass is 270 g/mol. The lowest BCUT2D eigenvalue weighted by molar-refractivity contribution is -0.0916. The van der Waals surface area contributed by atoms with E-state index in [-0.39, 0.29) is 11.5 Å². The molecule has 4 heteroatoms. The van der Waals surface area contributed by atoms with E-state index in [9.17, 15) is 5.11 Å². The second-order valence-corrected chi connectivity index (χ2v) is 7.45. The maximum Gasteiger partial charge on any atom is 0.0896 e. The van der Waals surface area contributed by atoms with Crippen molar-refractivity contribution in [1.29, 1.82) is 0 Å². The Balaban J connectivity index is 2.02. The van der Waals surface area contributed by atoms with Crippen LogP contribution in [-0.4, -0.2) is 71.5 Å². The van der Waals surface area contributed by atoms with E-state index in [0.717, 1.165) is 26.2 Å². The van der Waals surface area contributed by atoms with Crippen molar-refractivity contribution in [2.45, 2.75) is 58.0 Å². The predicted molar refractivity (Wildman–Crippen MR) is 77.3 cm³/mol. The van der Waals surface area contributed by atoms with Gasteiger partial charge in [0.15, 0.2) is 0 Å². The molecule has 3 unspecified atom stereocenters. The highest BCUT2D eigenvalue weighted by atomic mass is 16.5. The largest absolute Gasteiger partial charge is 0.390 e. The van der Waals surface area contributed by atoms with E-state index >= 15 is 0 Å². The Labute approximate surface area is 117 Å². The summed E-state index contributed by atoms with van der Waals surface area (Å²) in [7, 11) is 2.18. The minimum Gasteiger partial charge on any atom is -0.390 e. The van der Waals surface area contributed by atoms with Gasteiger partial charge in [0.2, 0.25) is 0 Å². The van der Waals surface area contributed by atoms with Gasteiger partial charge in [0.05, 0.1) is 17.3 Å². The summed E-state index contributed by atoms with van der Waals surface area (Å²) in [5.41, 5.74) is -0.693. The zero-order valence-electron chi connectivity index (χ0n) is 13.3. The van der Waals surface area contributed by atoms with Gasteiger partial charge in [0, 0.05) is 38.1 Å². The fourth-order valence-corrected chi connectivity index (χ4v) is 3.57. The van der Waals surface area contributed by atoms with Crippen LogP contribution in [0.25, 0.3) is 0 Å². The number of rotatable bonds is 2. The number of piperazine rings is 1. The molecule has 0 saturated carbocycles. The molecule has 0 spiro atoms. The van der Waals surface area contributed by atoms with Gasteiger partial charge < -0.3 is 19.6 Å². The van der Waals surface area contributed by atoms with Crippen LogP contribution in [0.5, 0.6) is 0 Å². The molecule has 112 valence electrons. The lowest BCUT2D eigenvalue weighted by atomic mass is 9.84. The van der Waals surface area contributed by atoms with E-state index in [1.54, 1.807) is 0 Å². The zero-order valence-corrected chi connectivity index (χ0v) is 13.3. The third-order valence-corrected chi connectivity index (χ3v) is 5.01. The van der Waals surface area contributed by atoms with Crippen LogP contribution in [0.1, 0.15) is 34.6 Å². The van der Waals surface area contributed by atoms with Crippen LogP contribution in [0, 0.1) is 5.92 Å². The van der Waals surface area contributed by atoms with Gasteiger partial charge in [-0.2, -0.15) is 0 Å². The van der Waals surface area contributed by atoms with Gasteiger partial charge in [-0.05, 0) is 41.7 Å². The molecule has 2 heterocycles. The summed E-state index contributed by atoms with van der Waals surface area (Å²) in [6.45, 7) is 14.7. The maximum absolute atomic E-state index is 10.5. The van der Waals surface area contributed by atoms with Gasteiger partial charge in [-0.3, -0.25) is 0 Å². The topological polar surface area (TPSA) is 35.9 Å². The molecule has 0 aromatic carbocycles. The molecule has 0 aromatic rings. The van der Waals surface area contributed by atoms with Gasteiger partial charge in [-0.1, -0.05) is 0 Å². The molecule has 4 nitrogen and oxygen atoms in total. The average Bonchev–Trinajstić information content (AvgIpc) is 2.42. The van der Waals surface area contributed by atoms with E-state index < -0.39 is 11.7 Å². The van der Waals surface area contributed by atoms with Crippen LogP contribution in [0.2, 0.25) is 0 Å². The summed E-state index contributed by atoms with van der Waals surface area (Å²) in [6.07, 6.45) is -0.391. The number of likely N-dealkylation sites (N-methyl/N-ethyl adjacent to an activating group) is 1. The Morgan fingerprint density at radius 3 is 2.26 bits per heavy atom. The summed E-state index contributed by atoms with van der Waals surface area (Å²) in [5.74, 6) is 0.179. The van der Waals surface area contributed by atoms with Crippen LogP contribution in [0.4, 0.5) is 0 Å². The van der Waals surface area contributed by atoms with Crippen molar-refractivity contribution in [1.82, 2.24) is 9.80 Å². The highest BCUT2D eigenvalue weighted by Crippen LogP contribution is 2.42. The Morgan fingerprint density at radius 1 is 1.16 bits per heavy atom. The quantitative estimate of drug-likeness (QED) is 0.817. The molecular formula is C15H30N2O2. The summed E-state index contributed by atoms with van der Waals surface area (Å²) in [5, 5.41) is 10.5. The molecular weight excluding hydrogens is 240 g/mol. The Morgan fingerprint density at radius 2 is 1.79 bits per heavy atom. The molecule has 2 aliphatic heterocycles. The maximum atomic E-state index is 10.5. The molecule has 1 N–H and O–H groups in total. The number of ether oxygens (including phenoxy) is 1. The summed E-state index contributed by atoms with van der Waals surface area (Å²) < 4.78 is 6.06. The van der Waals surface area contributed by atoms with Crippen molar-refractivity contribution in [3.05, 3.63) is 0 Å². The van der Waals surface area contributed by atoms with Gasteiger partial charge in [0.1, 0.15) is 0 Å². The van der Waals surface area contributed by atoms with Crippen molar-refractivity contribution < 1.29 is 9.84 Å². The molecule has 19 heavy (non-hydrogen) atoms. The highest BCUT2D eigenvalue weighted by molar-refractivity contribution is 5.02. The third-order valence-electron chi connectivity index (χ3n) is 5.01. The van der Waals surface area contributed by atoms with Crippen LogP contribution in [0.3, 0.4) is 0 Å². The van der Waals surface area contributed by atoms with Crippen LogP contribution in [0.15, 0.2) is 0 Å². The molecule has 2 saturated heterocycles. The van der Waals surface area contributed by atoms with Gasteiger partial charge in [-0.15, -0.1) is 0 Å². The number of aliphatic hydroxyl groups is 1. The Hall–Kier alpha value is -0.160. The molecule has 2 aliphatic rings. The smallest absolute Gasteiger partial charge is 0.0896 e. The Bertz CT molecular complexity index is 330. The number of hydrogen-bond acceptors (Lipinski definition) is 4. The molecule has 0 aliphatic carbocycles. The first-order valence-electron chi connectivity index (χ1n) is 7.44. The first-order chi connectivity index (χ1) is 8.63. The molecule has 2 fully saturated rings. The molecule has 2 rings (SSSR count). The minimum atomic E-state index is -0.438. The molecule has 3 atom stereocenters. The second-order valence-electron chi connectivity index (χ2n) is 7.45. The predicted octanol–water partition coefficient (Wildman–Crippen LogP) is 1.19. The van der Waals surface area contributed by atoms with Crippen molar-refractivity contribution in [3.63, 3.8) is 0 Å². The molecule has 0 bridgehead atoms. The minimum absolute atomic E-state index is 0.179. The van der Waals surface area contributed by atoms with Gasteiger partial charge >= 0.3 is 0 Å². The SMILES string of the molecule is CC1CN(CC2C(O)C(C)(C)OC2(C)C)CCN1C. The van der Waals surface area contributed by atoms with E-state index in [2.05, 4.69) is 37.6 Å². The van der Waals surface area contributed by atoms with Crippen molar-refractivity contribution in [2.75, 3.05) is 33.2 Å². The first-order valence-corrected chi connectivity index (χ1v) is 7.44. The van der Waals surface area contributed by atoms with Crippen LogP contribution < -0.4 is 0 Å². The highest BCUT2D eigenvalue weighted by Gasteiger charge is 2.53. The van der Waals surface area contributed by atoms with Crippen molar-refractivity contribution >= 4 is 0 Å². The summed E-state index contributed by atoms with van der Waals surface area (Å²) >= 11 is 0. The van der Waals surface area contributed by atoms with E-state index in [1.807, 2.05) is 13.8 Å². The lowest BCUT2D eigenvalue weighted by Gasteiger charge is -2.40. The number of nitrogens with zero attached hydrogens (tertiary/aromatic N) is 2. The molecule has 0 amide bonds. The molecule has 0 radical (unpaired) electrons. The van der Waals surface area contributed by atoms with Gasteiger partial charge in [-0.25, -0.2) is 0 Å². The normalized spacial score (nSPS) is 39.6. The summed E-state index contributed by atoms with van der Waals surface area (Å²) in [6, 6.07) is 0.587. The van der Waals surface area contributed by atoms with Crippen molar-refractivity contribution in [3.8, 4) is 0 Å². The standard InChI is InChI=1S/C15H30N2O2/c1-11-9-17(8-7-16(11)6)10-12-13(18)15(4,5)19-14(12,2)3/h11-13,18H,7-10H2,1-6H3. The second kappa shape index (κ2) is 4.99. The third kappa shape index (κ3) is 2.97. The molecule has 0 aromatic heterocycles.